The van der Waals surface area contributed by atoms with E-state index in [0.29, 0.717) is 17.9 Å². The Morgan fingerprint density at radius 2 is 2.46 bits per heavy atom. The van der Waals surface area contributed by atoms with E-state index in [9.17, 15) is 0 Å². The molecule has 0 radical (unpaired) electrons. The van der Waals surface area contributed by atoms with Crippen LogP contribution in [0.4, 0.5) is 0 Å². The van der Waals surface area contributed by atoms with E-state index >= 15 is 0 Å². The number of thioether (sulfide) groups is 1. The molecule has 0 aliphatic carbocycles. The molecule has 1 saturated heterocycles. The molecular weight excluding hydrogens is 182 g/mol. The molecule has 1 heterocycles. The normalized spacial score (nSPS) is 23.9. The Kier molecular flexibility index (Phi) is 4.42. The zero-order chi connectivity index (χ0) is 9.68. The van der Waals surface area contributed by atoms with Crippen molar-refractivity contribution in [1.82, 2.24) is 5.32 Å². The average Bonchev–Trinajstić information content (AvgIpc) is 2.53. The first-order chi connectivity index (χ1) is 6.18. The lowest BCUT2D eigenvalue weighted by Crippen LogP contribution is -2.40. The van der Waals surface area contributed by atoms with Gasteiger partial charge in [-0.05, 0) is 18.1 Å². The van der Waals surface area contributed by atoms with Gasteiger partial charge in [-0.2, -0.15) is 11.8 Å². The first-order valence-corrected chi connectivity index (χ1v) is 5.98. The molecule has 76 valence electrons. The summed E-state index contributed by atoms with van der Waals surface area (Å²) < 4.78 is 0. The van der Waals surface area contributed by atoms with Crippen LogP contribution < -0.4 is 11.1 Å². The molecular formula is C9H19N3S. The van der Waals surface area contributed by atoms with E-state index in [1.54, 1.807) is 0 Å². The minimum Gasteiger partial charge on any atom is -0.370 e. The third-order valence-corrected chi connectivity index (χ3v) is 3.07. The van der Waals surface area contributed by atoms with Gasteiger partial charge in [-0.25, -0.2) is 0 Å². The number of aliphatic imine (C=N–C) groups is 1. The Hall–Kier alpha value is -0.380. The number of guanidine groups is 1. The summed E-state index contributed by atoms with van der Waals surface area (Å²) in [7, 11) is 0. The van der Waals surface area contributed by atoms with Gasteiger partial charge in [-0.15, -0.1) is 0 Å². The monoisotopic (exact) mass is 201 g/mol. The van der Waals surface area contributed by atoms with E-state index in [2.05, 4.69) is 24.2 Å². The van der Waals surface area contributed by atoms with Crippen molar-refractivity contribution in [2.75, 3.05) is 18.1 Å². The van der Waals surface area contributed by atoms with Crippen LogP contribution in [-0.4, -0.2) is 30.1 Å². The summed E-state index contributed by atoms with van der Waals surface area (Å²) in [5.74, 6) is 3.60. The third-order valence-electron chi connectivity index (χ3n) is 1.91. The molecule has 1 aliphatic rings. The maximum atomic E-state index is 5.73. The number of nitrogens with zero attached hydrogens (tertiary/aromatic N) is 1. The Morgan fingerprint density at radius 1 is 1.69 bits per heavy atom. The van der Waals surface area contributed by atoms with Crippen molar-refractivity contribution in [3.8, 4) is 0 Å². The lowest BCUT2D eigenvalue weighted by Gasteiger charge is -2.11. The van der Waals surface area contributed by atoms with E-state index in [0.717, 1.165) is 12.3 Å². The SMILES string of the molecule is CC(C)CN=C(N)NC1CCSC1. The molecule has 3 nitrogen and oxygen atoms in total. The Balaban J connectivity index is 2.22. The number of hydrogen-bond donors (Lipinski definition) is 2. The molecule has 0 aromatic heterocycles. The zero-order valence-electron chi connectivity index (χ0n) is 8.42. The molecule has 0 saturated carbocycles. The van der Waals surface area contributed by atoms with Crippen molar-refractivity contribution in [3.63, 3.8) is 0 Å². The van der Waals surface area contributed by atoms with Gasteiger partial charge < -0.3 is 11.1 Å². The van der Waals surface area contributed by atoms with Crippen molar-refractivity contribution in [1.29, 1.82) is 0 Å². The highest BCUT2D eigenvalue weighted by Gasteiger charge is 2.15. The number of nitrogens with one attached hydrogen (secondary N) is 1. The van der Waals surface area contributed by atoms with Gasteiger partial charge in [0.05, 0.1) is 0 Å². The van der Waals surface area contributed by atoms with Gasteiger partial charge in [-0.3, -0.25) is 4.99 Å². The van der Waals surface area contributed by atoms with Gasteiger partial charge in [-0.1, -0.05) is 13.8 Å². The molecule has 0 aromatic carbocycles. The number of nitrogens with two attached hydrogens (primary N) is 1. The second kappa shape index (κ2) is 5.37. The second-order valence-electron chi connectivity index (χ2n) is 3.82. The molecule has 1 aliphatic heterocycles. The van der Waals surface area contributed by atoms with E-state index < -0.39 is 0 Å². The van der Waals surface area contributed by atoms with Gasteiger partial charge >= 0.3 is 0 Å². The van der Waals surface area contributed by atoms with E-state index in [4.69, 9.17) is 5.73 Å². The average molecular weight is 201 g/mol. The Bertz CT molecular complexity index is 174. The second-order valence-corrected chi connectivity index (χ2v) is 4.97. The van der Waals surface area contributed by atoms with Gasteiger partial charge in [0.25, 0.3) is 0 Å². The molecule has 3 N–H and O–H groups in total. The quantitative estimate of drug-likeness (QED) is 0.530. The maximum absolute atomic E-state index is 5.73. The van der Waals surface area contributed by atoms with E-state index in [1.807, 2.05) is 11.8 Å². The van der Waals surface area contributed by atoms with Crippen molar-refractivity contribution in [2.45, 2.75) is 26.3 Å². The summed E-state index contributed by atoms with van der Waals surface area (Å²) in [5, 5.41) is 3.24. The van der Waals surface area contributed by atoms with Gasteiger partial charge in [0.1, 0.15) is 0 Å². The standard InChI is InChI=1S/C9H19N3S/c1-7(2)5-11-9(10)12-8-3-4-13-6-8/h7-8H,3-6H2,1-2H3,(H3,10,11,12). The summed E-state index contributed by atoms with van der Waals surface area (Å²) in [6, 6.07) is 0.543. The lowest BCUT2D eigenvalue weighted by atomic mass is 10.2. The third kappa shape index (κ3) is 4.41. The molecule has 1 atom stereocenters. The van der Waals surface area contributed by atoms with Crippen LogP contribution in [0.2, 0.25) is 0 Å². The van der Waals surface area contributed by atoms with Crippen LogP contribution in [0.5, 0.6) is 0 Å². The van der Waals surface area contributed by atoms with Crippen molar-refractivity contribution in [2.24, 2.45) is 16.6 Å². The fourth-order valence-electron chi connectivity index (χ4n) is 1.18. The van der Waals surface area contributed by atoms with Gasteiger partial charge in [0.15, 0.2) is 5.96 Å². The molecule has 1 rings (SSSR count). The Labute approximate surface area is 84.6 Å². The molecule has 0 spiro atoms. The summed E-state index contributed by atoms with van der Waals surface area (Å²) in [4.78, 5) is 4.26. The van der Waals surface area contributed by atoms with Crippen molar-refractivity contribution in [3.05, 3.63) is 0 Å². The molecule has 0 bridgehead atoms. The molecule has 0 amide bonds. The number of hydrogen-bond acceptors (Lipinski definition) is 2. The highest BCUT2D eigenvalue weighted by molar-refractivity contribution is 7.99. The first kappa shape index (κ1) is 10.7. The minimum absolute atomic E-state index is 0.543. The maximum Gasteiger partial charge on any atom is 0.188 e. The number of rotatable bonds is 3. The van der Waals surface area contributed by atoms with Crippen LogP contribution >= 0.6 is 11.8 Å². The van der Waals surface area contributed by atoms with Crippen LogP contribution in [0, 0.1) is 5.92 Å². The van der Waals surface area contributed by atoms with E-state index in [1.165, 1.54) is 12.2 Å². The highest BCUT2D eigenvalue weighted by atomic mass is 32.2. The zero-order valence-corrected chi connectivity index (χ0v) is 9.23. The largest absolute Gasteiger partial charge is 0.370 e. The minimum atomic E-state index is 0.543. The molecule has 13 heavy (non-hydrogen) atoms. The smallest absolute Gasteiger partial charge is 0.188 e. The lowest BCUT2D eigenvalue weighted by molar-refractivity contribution is 0.643. The van der Waals surface area contributed by atoms with Gasteiger partial charge in [0.2, 0.25) is 0 Å². The van der Waals surface area contributed by atoms with Crippen LogP contribution in [0.3, 0.4) is 0 Å². The van der Waals surface area contributed by atoms with Crippen molar-refractivity contribution < 1.29 is 0 Å². The van der Waals surface area contributed by atoms with Crippen LogP contribution in [0.1, 0.15) is 20.3 Å². The van der Waals surface area contributed by atoms with Crippen LogP contribution in [0.15, 0.2) is 4.99 Å². The molecule has 0 aromatic rings. The summed E-state index contributed by atoms with van der Waals surface area (Å²) in [6.45, 7) is 5.10. The van der Waals surface area contributed by atoms with Gasteiger partial charge in [0, 0.05) is 18.3 Å². The molecule has 1 unspecified atom stereocenters. The van der Waals surface area contributed by atoms with Crippen LogP contribution in [-0.2, 0) is 0 Å². The summed E-state index contributed by atoms with van der Waals surface area (Å²) in [6.07, 6.45) is 1.21. The first-order valence-electron chi connectivity index (χ1n) is 4.82. The fraction of sp³-hybridized carbons (Fsp3) is 0.889. The predicted molar refractivity (Wildman–Crippen MR) is 60.2 cm³/mol. The molecule has 1 fully saturated rings. The van der Waals surface area contributed by atoms with E-state index in [-0.39, 0.29) is 0 Å². The summed E-state index contributed by atoms with van der Waals surface area (Å²) >= 11 is 1.98. The molecule has 4 heteroatoms. The van der Waals surface area contributed by atoms with Crippen molar-refractivity contribution >= 4 is 17.7 Å². The van der Waals surface area contributed by atoms with Crippen LogP contribution in [0.25, 0.3) is 0 Å². The Morgan fingerprint density at radius 3 is 3.00 bits per heavy atom. The highest BCUT2D eigenvalue weighted by Crippen LogP contribution is 2.16. The predicted octanol–water partition coefficient (Wildman–Crippen LogP) is 1.05. The topological polar surface area (TPSA) is 50.4 Å². The fourth-order valence-corrected chi connectivity index (χ4v) is 2.34. The summed E-state index contributed by atoms with van der Waals surface area (Å²) in [5.41, 5.74) is 5.73.